The SMILES string of the molecule is COC(=O)C(C)(C)c1ccc(N2CCC(Cn3cc(C)c4ccc(NC(=O)c5cnn(C(C)(C)C)c5-c5ccc(F)cc5)cc43)CC2)cc1. The summed E-state index contributed by atoms with van der Waals surface area (Å²) in [6.07, 6.45) is 5.93. The highest BCUT2D eigenvalue weighted by molar-refractivity contribution is 6.08. The van der Waals surface area contributed by atoms with Crippen molar-refractivity contribution in [3.63, 3.8) is 0 Å². The first-order valence-electron chi connectivity index (χ1n) is 17.0. The van der Waals surface area contributed by atoms with Gasteiger partial charge >= 0.3 is 5.97 Å². The number of aryl methyl sites for hydroxylation is 1. The van der Waals surface area contributed by atoms with Crippen molar-refractivity contribution >= 4 is 34.2 Å². The predicted molar refractivity (Wildman–Crippen MR) is 194 cm³/mol. The fourth-order valence-corrected chi connectivity index (χ4v) is 6.93. The van der Waals surface area contributed by atoms with Gasteiger partial charge in [0, 0.05) is 48.2 Å². The summed E-state index contributed by atoms with van der Waals surface area (Å²) in [6, 6.07) is 20.5. The van der Waals surface area contributed by atoms with Gasteiger partial charge in [-0.2, -0.15) is 5.10 Å². The van der Waals surface area contributed by atoms with Crippen LogP contribution in [0.4, 0.5) is 15.8 Å². The number of halogens is 1. The van der Waals surface area contributed by atoms with E-state index in [1.807, 2.05) is 57.5 Å². The molecule has 1 aliphatic rings. The molecule has 2 aromatic heterocycles. The number of methoxy groups -OCH3 is 1. The molecule has 1 saturated heterocycles. The molecule has 9 heteroatoms. The van der Waals surface area contributed by atoms with Crippen LogP contribution in [0.5, 0.6) is 0 Å². The number of esters is 1. The van der Waals surface area contributed by atoms with Gasteiger partial charge in [0.05, 0.1) is 41.0 Å². The Morgan fingerprint density at radius 2 is 1.63 bits per heavy atom. The number of fused-ring (bicyclic) bond motifs is 1. The molecule has 0 aliphatic carbocycles. The van der Waals surface area contributed by atoms with Gasteiger partial charge in [-0.05, 0) is 120 Å². The largest absolute Gasteiger partial charge is 0.468 e. The van der Waals surface area contributed by atoms with Crippen molar-refractivity contribution in [1.29, 1.82) is 0 Å². The number of hydrogen-bond donors (Lipinski definition) is 1. The Labute approximate surface area is 287 Å². The Balaban J connectivity index is 1.16. The molecule has 5 aromatic rings. The third-order valence-corrected chi connectivity index (χ3v) is 9.83. The van der Waals surface area contributed by atoms with Gasteiger partial charge in [-0.3, -0.25) is 14.3 Å². The van der Waals surface area contributed by atoms with E-state index in [1.54, 1.807) is 18.3 Å². The highest BCUT2D eigenvalue weighted by Gasteiger charge is 2.31. The fraction of sp³-hybridized carbons (Fsp3) is 0.375. The summed E-state index contributed by atoms with van der Waals surface area (Å²) in [4.78, 5) is 28.4. The molecule has 1 aliphatic heterocycles. The quantitative estimate of drug-likeness (QED) is 0.169. The first-order valence-corrected chi connectivity index (χ1v) is 17.0. The Hall–Kier alpha value is -4.92. The van der Waals surface area contributed by atoms with Crippen molar-refractivity contribution in [3.8, 4) is 11.3 Å². The zero-order valence-electron chi connectivity index (χ0n) is 29.5. The average Bonchev–Trinajstić information content (AvgIpc) is 3.67. The number of carbonyl (C=O) groups is 2. The summed E-state index contributed by atoms with van der Waals surface area (Å²) in [6.45, 7) is 14.8. The fourth-order valence-electron chi connectivity index (χ4n) is 6.93. The summed E-state index contributed by atoms with van der Waals surface area (Å²) in [5.74, 6) is -0.324. The van der Waals surface area contributed by atoms with Crippen LogP contribution in [0.3, 0.4) is 0 Å². The molecule has 0 saturated carbocycles. The lowest BCUT2D eigenvalue weighted by Crippen LogP contribution is -2.35. The molecular formula is C40H46FN5O3. The molecule has 256 valence electrons. The van der Waals surface area contributed by atoms with E-state index < -0.39 is 5.41 Å². The van der Waals surface area contributed by atoms with Crippen molar-refractivity contribution in [2.45, 2.75) is 71.9 Å². The van der Waals surface area contributed by atoms with E-state index in [0.717, 1.165) is 54.5 Å². The molecule has 6 rings (SSSR count). The van der Waals surface area contributed by atoms with Crippen LogP contribution in [0.25, 0.3) is 22.2 Å². The third kappa shape index (κ3) is 6.84. The smallest absolute Gasteiger partial charge is 0.315 e. The van der Waals surface area contributed by atoms with Crippen LogP contribution in [0.15, 0.2) is 79.1 Å². The standard InChI is InChI=1S/C40H46FN5O3/c1-26-24-45(25-27-18-20-44(21-19-27)32-15-10-29(11-16-32)40(5,6)38(48)49-7)35-22-31(14-17-33(26)35)43-37(47)34-23-42-46(39(2,3)4)36(34)28-8-12-30(41)13-9-28/h8-17,22-24,27H,18-21,25H2,1-7H3,(H,43,47). The second-order valence-corrected chi connectivity index (χ2v) is 14.7. The summed E-state index contributed by atoms with van der Waals surface area (Å²) in [5.41, 5.74) is 5.84. The summed E-state index contributed by atoms with van der Waals surface area (Å²) < 4.78 is 22.9. The number of piperidine rings is 1. The molecule has 1 fully saturated rings. The van der Waals surface area contributed by atoms with E-state index in [1.165, 1.54) is 30.5 Å². The highest BCUT2D eigenvalue weighted by atomic mass is 19.1. The number of benzene rings is 3. The molecule has 3 heterocycles. The van der Waals surface area contributed by atoms with Gasteiger partial charge in [0.1, 0.15) is 5.82 Å². The Bertz CT molecular complexity index is 1980. The highest BCUT2D eigenvalue weighted by Crippen LogP contribution is 2.33. The predicted octanol–water partition coefficient (Wildman–Crippen LogP) is 8.33. The van der Waals surface area contributed by atoms with Crippen LogP contribution in [0.1, 0.15) is 68.9 Å². The van der Waals surface area contributed by atoms with Gasteiger partial charge in [0.15, 0.2) is 0 Å². The van der Waals surface area contributed by atoms with E-state index >= 15 is 0 Å². The van der Waals surface area contributed by atoms with Crippen LogP contribution in [-0.2, 0) is 27.0 Å². The number of aromatic nitrogens is 3. The molecule has 1 N–H and O–H groups in total. The Morgan fingerprint density at radius 1 is 0.959 bits per heavy atom. The molecule has 0 bridgehead atoms. The molecule has 8 nitrogen and oxygen atoms in total. The lowest BCUT2D eigenvalue weighted by atomic mass is 9.84. The van der Waals surface area contributed by atoms with E-state index in [9.17, 15) is 14.0 Å². The summed E-state index contributed by atoms with van der Waals surface area (Å²) in [7, 11) is 1.43. The molecule has 1 amide bonds. The van der Waals surface area contributed by atoms with Gasteiger partial charge in [-0.25, -0.2) is 4.39 Å². The number of nitrogens with zero attached hydrogens (tertiary/aromatic N) is 4. The number of amides is 1. The topological polar surface area (TPSA) is 81.4 Å². The zero-order chi connectivity index (χ0) is 35.1. The van der Waals surface area contributed by atoms with Crippen LogP contribution in [0, 0.1) is 18.7 Å². The maximum absolute atomic E-state index is 13.8. The van der Waals surface area contributed by atoms with Gasteiger partial charge in [0.2, 0.25) is 0 Å². The Kier molecular flexibility index (Phi) is 9.13. The van der Waals surface area contributed by atoms with Crippen molar-refractivity contribution in [2.24, 2.45) is 5.92 Å². The second kappa shape index (κ2) is 13.2. The van der Waals surface area contributed by atoms with E-state index in [2.05, 4.69) is 57.3 Å². The van der Waals surface area contributed by atoms with E-state index in [4.69, 9.17) is 4.74 Å². The van der Waals surface area contributed by atoms with Crippen molar-refractivity contribution in [1.82, 2.24) is 14.3 Å². The normalized spacial score (nSPS) is 14.3. The molecule has 49 heavy (non-hydrogen) atoms. The maximum atomic E-state index is 13.8. The van der Waals surface area contributed by atoms with Gasteiger partial charge < -0.3 is 19.5 Å². The molecule has 0 radical (unpaired) electrons. The van der Waals surface area contributed by atoms with Crippen molar-refractivity contribution < 1.29 is 18.7 Å². The monoisotopic (exact) mass is 663 g/mol. The molecular weight excluding hydrogens is 617 g/mol. The minimum absolute atomic E-state index is 0.243. The van der Waals surface area contributed by atoms with Crippen LogP contribution < -0.4 is 10.2 Å². The minimum Gasteiger partial charge on any atom is -0.468 e. The number of nitrogens with one attached hydrogen (secondary N) is 1. The number of hydrogen-bond acceptors (Lipinski definition) is 5. The van der Waals surface area contributed by atoms with Crippen LogP contribution in [0.2, 0.25) is 0 Å². The first-order chi connectivity index (χ1) is 23.3. The Morgan fingerprint density at radius 3 is 2.27 bits per heavy atom. The van der Waals surface area contributed by atoms with Crippen LogP contribution in [-0.4, -0.2) is 46.4 Å². The van der Waals surface area contributed by atoms with E-state index in [-0.39, 0.29) is 23.2 Å². The van der Waals surface area contributed by atoms with E-state index in [0.29, 0.717) is 22.9 Å². The average molecular weight is 664 g/mol. The number of anilines is 2. The lowest BCUT2D eigenvalue weighted by Gasteiger charge is -2.34. The summed E-state index contributed by atoms with van der Waals surface area (Å²) in [5, 5.41) is 8.84. The first kappa shape index (κ1) is 34.0. The molecule has 0 atom stereocenters. The third-order valence-electron chi connectivity index (χ3n) is 9.83. The molecule has 0 unspecified atom stereocenters. The second-order valence-electron chi connectivity index (χ2n) is 14.7. The lowest BCUT2D eigenvalue weighted by molar-refractivity contribution is -0.146. The van der Waals surface area contributed by atoms with Gasteiger partial charge in [0.25, 0.3) is 5.91 Å². The zero-order valence-corrected chi connectivity index (χ0v) is 29.5. The molecule has 3 aromatic carbocycles. The number of rotatable bonds is 8. The van der Waals surface area contributed by atoms with Gasteiger partial charge in [-0.1, -0.05) is 18.2 Å². The maximum Gasteiger partial charge on any atom is 0.315 e. The number of ether oxygens (including phenoxy) is 1. The van der Waals surface area contributed by atoms with Crippen molar-refractivity contribution in [3.05, 3.63) is 102 Å². The van der Waals surface area contributed by atoms with Crippen LogP contribution >= 0.6 is 0 Å². The van der Waals surface area contributed by atoms with Gasteiger partial charge in [-0.15, -0.1) is 0 Å². The van der Waals surface area contributed by atoms with Crippen molar-refractivity contribution in [2.75, 3.05) is 30.4 Å². The molecule has 0 spiro atoms. The minimum atomic E-state index is -0.691. The number of carbonyl (C=O) groups excluding carboxylic acids is 2. The summed E-state index contributed by atoms with van der Waals surface area (Å²) >= 11 is 0.